The van der Waals surface area contributed by atoms with E-state index in [9.17, 15) is 9.59 Å². The summed E-state index contributed by atoms with van der Waals surface area (Å²) in [6, 6.07) is 0. The molecule has 0 saturated heterocycles. The topological polar surface area (TPSA) is 63.6 Å². The fourth-order valence-electron chi connectivity index (χ4n) is 0.255. The molecule has 0 aliphatic heterocycles. The number of carbonyl (C=O) groups excluding carboxylic acids is 1. The molecule has 52 valence electrons. The molecule has 0 amide bonds. The number of ether oxygens (including phenoxy) is 1. The van der Waals surface area contributed by atoms with Gasteiger partial charge in [0, 0.05) is 0 Å². The van der Waals surface area contributed by atoms with E-state index in [1.165, 1.54) is 6.92 Å². The Hall–Kier alpha value is -1.06. The van der Waals surface area contributed by atoms with Crippen molar-refractivity contribution in [3.63, 3.8) is 0 Å². The van der Waals surface area contributed by atoms with Crippen LogP contribution in [0.3, 0.4) is 0 Å². The Morgan fingerprint density at radius 1 is 1.89 bits per heavy atom. The van der Waals surface area contributed by atoms with Crippen molar-refractivity contribution in [3.8, 4) is 0 Å². The maximum absolute atomic E-state index is 10.0. The van der Waals surface area contributed by atoms with E-state index in [1.54, 1.807) is 0 Å². The van der Waals surface area contributed by atoms with Gasteiger partial charge in [0.25, 0.3) is 6.47 Å². The molecule has 9 heavy (non-hydrogen) atoms. The second-order valence-electron chi connectivity index (χ2n) is 1.67. The van der Waals surface area contributed by atoms with Crippen molar-refractivity contribution >= 4 is 12.4 Å². The Morgan fingerprint density at radius 3 is 2.78 bits per heavy atom. The molecule has 0 aromatic carbocycles. The van der Waals surface area contributed by atoms with Crippen LogP contribution in [0.2, 0.25) is 0 Å². The minimum Gasteiger partial charge on any atom is -0.481 e. The Balaban J connectivity index is 3.37. The molecule has 0 fully saturated rings. The van der Waals surface area contributed by atoms with E-state index in [-0.39, 0.29) is 13.1 Å². The lowest BCUT2D eigenvalue weighted by Gasteiger charge is -2.01. The van der Waals surface area contributed by atoms with Gasteiger partial charge in [-0.25, -0.2) is 0 Å². The van der Waals surface area contributed by atoms with Gasteiger partial charge in [0.05, 0.1) is 5.92 Å². The standard InChI is InChI=1S/C5H8O4/c1-4(5(7)8)2-9-3-6/h3-4H,2H2,1H3,(H,7,8). The molecule has 0 aromatic rings. The molecular formula is C5H8O4. The summed E-state index contributed by atoms with van der Waals surface area (Å²) in [5, 5.41) is 8.21. The van der Waals surface area contributed by atoms with E-state index in [1.807, 2.05) is 0 Å². The quantitative estimate of drug-likeness (QED) is 0.541. The van der Waals surface area contributed by atoms with Gasteiger partial charge in [0.2, 0.25) is 0 Å². The molecule has 1 N–H and O–H groups in total. The predicted octanol–water partition coefficient (Wildman–Crippen LogP) is -0.120. The van der Waals surface area contributed by atoms with Gasteiger partial charge in [-0.1, -0.05) is 0 Å². The first-order valence-corrected chi connectivity index (χ1v) is 2.46. The lowest BCUT2D eigenvalue weighted by atomic mass is 10.2. The van der Waals surface area contributed by atoms with Crippen molar-refractivity contribution in [1.82, 2.24) is 0 Å². The Morgan fingerprint density at radius 2 is 2.44 bits per heavy atom. The molecule has 0 saturated carbocycles. The minimum atomic E-state index is -0.961. The third kappa shape index (κ3) is 3.52. The lowest BCUT2D eigenvalue weighted by Crippen LogP contribution is -2.15. The highest BCUT2D eigenvalue weighted by molar-refractivity contribution is 5.69. The van der Waals surface area contributed by atoms with E-state index >= 15 is 0 Å². The number of carboxylic acid groups (broad SMARTS) is 1. The Labute approximate surface area is 52.4 Å². The first kappa shape index (κ1) is 7.94. The number of aliphatic carboxylic acids is 1. The summed E-state index contributed by atoms with van der Waals surface area (Å²) in [7, 11) is 0. The molecule has 0 bridgehead atoms. The van der Waals surface area contributed by atoms with Crippen LogP contribution < -0.4 is 0 Å². The molecule has 4 nitrogen and oxygen atoms in total. The normalized spacial score (nSPS) is 12.1. The van der Waals surface area contributed by atoms with Crippen molar-refractivity contribution < 1.29 is 19.4 Å². The molecule has 0 radical (unpaired) electrons. The monoisotopic (exact) mass is 132 g/mol. The molecular weight excluding hydrogens is 124 g/mol. The number of carboxylic acids is 1. The van der Waals surface area contributed by atoms with Crippen LogP contribution in [0.1, 0.15) is 6.92 Å². The summed E-state index contributed by atoms with van der Waals surface area (Å²) < 4.78 is 4.20. The highest BCUT2D eigenvalue weighted by Gasteiger charge is 2.09. The smallest absolute Gasteiger partial charge is 0.309 e. The summed E-state index contributed by atoms with van der Waals surface area (Å²) in [6.07, 6.45) is 0. The SMILES string of the molecule is CC(COC=O)C(=O)O. The minimum absolute atomic E-state index is 0.0567. The summed E-state index contributed by atoms with van der Waals surface area (Å²) in [5.41, 5.74) is 0. The van der Waals surface area contributed by atoms with Gasteiger partial charge in [-0.2, -0.15) is 0 Å². The van der Waals surface area contributed by atoms with Crippen LogP contribution >= 0.6 is 0 Å². The van der Waals surface area contributed by atoms with Crippen LogP contribution in [0.15, 0.2) is 0 Å². The third-order valence-corrected chi connectivity index (χ3v) is 0.836. The maximum Gasteiger partial charge on any atom is 0.309 e. The second-order valence-corrected chi connectivity index (χ2v) is 1.67. The zero-order valence-corrected chi connectivity index (χ0v) is 5.03. The Kier molecular flexibility index (Phi) is 3.43. The average molecular weight is 132 g/mol. The van der Waals surface area contributed by atoms with Gasteiger partial charge in [-0.05, 0) is 6.92 Å². The summed E-state index contributed by atoms with van der Waals surface area (Å²) in [5.74, 6) is -1.58. The van der Waals surface area contributed by atoms with Gasteiger partial charge in [-0.15, -0.1) is 0 Å². The number of hydrogen-bond acceptors (Lipinski definition) is 3. The fourth-order valence-corrected chi connectivity index (χ4v) is 0.255. The zero-order valence-electron chi connectivity index (χ0n) is 5.03. The van der Waals surface area contributed by atoms with Crippen molar-refractivity contribution in [1.29, 1.82) is 0 Å². The van der Waals surface area contributed by atoms with Gasteiger partial charge in [0.1, 0.15) is 6.61 Å². The summed E-state index contributed by atoms with van der Waals surface area (Å²) in [4.78, 5) is 19.5. The molecule has 0 aliphatic carbocycles. The summed E-state index contributed by atoms with van der Waals surface area (Å²) in [6.45, 7) is 1.64. The molecule has 4 heteroatoms. The first-order chi connectivity index (χ1) is 4.18. The van der Waals surface area contributed by atoms with E-state index in [0.717, 1.165) is 0 Å². The largest absolute Gasteiger partial charge is 0.481 e. The first-order valence-electron chi connectivity index (χ1n) is 2.46. The molecule has 0 aromatic heterocycles. The second kappa shape index (κ2) is 3.88. The van der Waals surface area contributed by atoms with E-state index < -0.39 is 11.9 Å². The molecule has 0 rings (SSSR count). The molecule has 0 spiro atoms. The van der Waals surface area contributed by atoms with Gasteiger partial charge in [0.15, 0.2) is 0 Å². The predicted molar refractivity (Wildman–Crippen MR) is 28.8 cm³/mol. The highest BCUT2D eigenvalue weighted by atomic mass is 16.5. The third-order valence-electron chi connectivity index (χ3n) is 0.836. The number of carbonyl (C=O) groups is 2. The average Bonchev–Trinajstić information content (AvgIpc) is 1.82. The van der Waals surface area contributed by atoms with Crippen LogP contribution in [0, 0.1) is 5.92 Å². The fraction of sp³-hybridized carbons (Fsp3) is 0.600. The maximum atomic E-state index is 10.0. The van der Waals surface area contributed by atoms with Crippen molar-refractivity contribution in [2.45, 2.75) is 6.92 Å². The molecule has 1 atom stereocenters. The van der Waals surface area contributed by atoms with Gasteiger partial charge < -0.3 is 9.84 Å². The van der Waals surface area contributed by atoms with E-state index in [0.29, 0.717) is 0 Å². The van der Waals surface area contributed by atoms with Crippen molar-refractivity contribution in [2.75, 3.05) is 6.61 Å². The van der Waals surface area contributed by atoms with Crippen LogP contribution in [0.5, 0.6) is 0 Å². The highest BCUT2D eigenvalue weighted by Crippen LogP contribution is 1.92. The lowest BCUT2D eigenvalue weighted by molar-refractivity contribution is -0.144. The van der Waals surface area contributed by atoms with Crippen molar-refractivity contribution in [2.24, 2.45) is 5.92 Å². The van der Waals surface area contributed by atoms with Gasteiger partial charge >= 0.3 is 5.97 Å². The van der Waals surface area contributed by atoms with Crippen LogP contribution in [0.4, 0.5) is 0 Å². The molecule has 0 heterocycles. The van der Waals surface area contributed by atoms with Gasteiger partial charge in [-0.3, -0.25) is 9.59 Å². The van der Waals surface area contributed by atoms with Crippen LogP contribution in [0.25, 0.3) is 0 Å². The molecule has 1 unspecified atom stereocenters. The van der Waals surface area contributed by atoms with E-state index in [4.69, 9.17) is 5.11 Å². The van der Waals surface area contributed by atoms with Crippen LogP contribution in [-0.2, 0) is 14.3 Å². The van der Waals surface area contributed by atoms with Crippen LogP contribution in [-0.4, -0.2) is 24.2 Å². The number of hydrogen-bond donors (Lipinski definition) is 1. The number of rotatable bonds is 4. The molecule has 0 aliphatic rings. The van der Waals surface area contributed by atoms with E-state index in [2.05, 4.69) is 4.74 Å². The summed E-state index contributed by atoms with van der Waals surface area (Å²) >= 11 is 0. The van der Waals surface area contributed by atoms with Crippen molar-refractivity contribution in [3.05, 3.63) is 0 Å². The Bertz CT molecular complexity index is 110. The zero-order chi connectivity index (χ0) is 7.28.